The van der Waals surface area contributed by atoms with Gasteiger partial charge < -0.3 is 19.9 Å². The van der Waals surface area contributed by atoms with Crippen LogP contribution >= 0.6 is 11.3 Å². The third-order valence-corrected chi connectivity index (χ3v) is 7.26. The molecular weight excluding hydrogens is 406 g/mol. The van der Waals surface area contributed by atoms with E-state index >= 15 is 0 Å². The number of anilines is 1. The van der Waals surface area contributed by atoms with Crippen molar-refractivity contribution in [3.8, 4) is 0 Å². The number of allylic oxidation sites excluding steroid dienone is 2. The number of rotatable bonds is 7. The number of ether oxygens (including phenoxy) is 2. The molecule has 2 aliphatic rings. The van der Waals surface area contributed by atoms with Gasteiger partial charge in [-0.25, -0.2) is 4.79 Å². The summed E-state index contributed by atoms with van der Waals surface area (Å²) in [6.07, 6.45) is 4.46. The number of esters is 1. The van der Waals surface area contributed by atoms with Crippen LogP contribution in [-0.2, 0) is 31.9 Å². The van der Waals surface area contributed by atoms with Crippen LogP contribution in [0, 0.1) is 11.8 Å². The Labute approximate surface area is 180 Å². The molecule has 7 nitrogen and oxygen atoms in total. The second kappa shape index (κ2) is 9.75. The number of carboxylic acids is 1. The van der Waals surface area contributed by atoms with Gasteiger partial charge in [-0.05, 0) is 57.9 Å². The monoisotopic (exact) mass is 435 g/mol. The molecule has 0 unspecified atom stereocenters. The molecule has 1 heterocycles. The normalized spacial score (nSPS) is 21.2. The summed E-state index contributed by atoms with van der Waals surface area (Å²) in [6, 6.07) is 0. The number of amides is 1. The van der Waals surface area contributed by atoms with Gasteiger partial charge in [0, 0.05) is 12.0 Å². The summed E-state index contributed by atoms with van der Waals surface area (Å²) >= 11 is 1.41. The maximum absolute atomic E-state index is 13.1. The largest absolute Gasteiger partial charge is 0.481 e. The van der Waals surface area contributed by atoms with Crippen molar-refractivity contribution in [2.75, 3.05) is 25.6 Å². The number of hydrogen-bond donors (Lipinski definition) is 2. The molecule has 8 heteroatoms. The highest BCUT2D eigenvalue weighted by Crippen LogP contribution is 2.40. The number of aliphatic carboxylic acids is 1. The lowest BCUT2D eigenvalue weighted by Crippen LogP contribution is -2.36. The molecule has 0 bridgehead atoms. The van der Waals surface area contributed by atoms with Gasteiger partial charge in [0.1, 0.15) is 11.6 Å². The molecule has 1 aromatic rings. The Hall–Kier alpha value is -2.19. The van der Waals surface area contributed by atoms with E-state index in [1.165, 1.54) is 18.4 Å². The van der Waals surface area contributed by atoms with E-state index in [1.807, 2.05) is 13.8 Å². The molecule has 3 rings (SSSR count). The lowest BCUT2D eigenvalue weighted by atomic mass is 9.76. The molecule has 30 heavy (non-hydrogen) atoms. The van der Waals surface area contributed by atoms with Gasteiger partial charge in [-0.2, -0.15) is 0 Å². The number of nitrogens with one attached hydrogen (secondary N) is 1. The first-order valence-electron chi connectivity index (χ1n) is 10.3. The van der Waals surface area contributed by atoms with Crippen molar-refractivity contribution in [3.05, 3.63) is 27.2 Å². The van der Waals surface area contributed by atoms with Crippen molar-refractivity contribution in [3.63, 3.8) is 0 Å². The fraction of sp³-hybridized carbons (Fsp3) is 0.591. The molecule has 1 aromatic heterocycles. The standard InChI is InChI=1S/C22H29NO6S/c1-12-10-15(16(21(25)26)11-13(12)2)19(24)23-20-18(22(27)29-9-8-28-3)14-6-4-5-7-17(14)30-20/h15-16H,4-11H2,1-3H3,(H,23,24)(H,25,26)/t15-,16-/m0/s1. The first kappa shape index (κ1) is 22.5. The third-order valence-electron chi connectivity index (χ3n) is 6.05. The number of hydrogen-bond acceptors (Lipinski definition) is 6. The Balaban J connectivity index is 1.86. The van der Waals surface area contributed by atoms with E-state index in [9.17, 15) is 19.5 Å². The van der Waals surface area contributed by atoms with Gasteiger partial charge >= 0.3 is 11.9 Å². The van der Waals surface area contributed by atoms with Crippen LogP contribution in [0.1, 0.15) is 60.3 Å². The maximum Gasteiger partial charge on any atom is 0.341 e. The summed E-state index contributed by atoms with van der Waals surface area (Å²) in [5.74, 6) is -3.21. The van der Waals surface area contributed by atoms with Gasteiger partial charge in [0.2, 0.25) is 5.91 Å². The molecule has 0 saturated carbocycles. The van der Waals surface area contributed by atoms with E-state index in [4.69, 9.17) is 9.47 Å². The van der Waals surface area contributed by atoms with Crippen LogP contribution in [0.4, 0.5) is 5.00 Å². The molecule has 0 fully saturated rings. The number of aryl methyl sites for hydroxylation is 1. The molecule has 2 aliphatic carbocycles. The Morgan fingerprint density at radius 2 is 1.73 bits per heavy atom. The molecule has 164 valence electrons. The first-order valence-corrected chi connectivity index (χ1v) is 11.1. The second-order valence-electron chi connectivity index (χ2n) is 8.05. The number of methoxy groups -OCH3 is 1. The molecule has 2 atom stereocenters. The quantitative estimate of drug-likeness (QED) is 0.384. The van der Waals surface area contributed by atoms with E-state index < -0.39 is 23.8 Å². The van der Waals surface area contributed by atoms with E-state index in [-0.39, 0.29) is 12.5 Å². The van der Waals surface area contributed by atoms with Crippen LogP contribution in [0.15, 0.2) is 11.1 Å². The van der Waals surface area contributed by atoms with Gasteiger partial charge in [0.05, 0.1) is 24.0 Å². The molecular formula is C22H29NO6S. The van der Waals surface area contributed by atoms with E-state index in [0.717, 1.165) is 47.3 Å². The van der Waals surface area contributed by atoms with Crippen LogP contribution in [0.2, 0.25) is 0 Å². The lowest BCUT2D eigenvalue weighted by molar-refractivity contribution is -0.146. The summed E-state index contributed by atoms with van der Waals surface area (Å²) in [6.45, 7) is 4.30. The maximum atomic E-state index is 13.1. The zero-order valence-electron chi connectivity index (χ0n) is 17.7. The smallest absolute Gasteiger partial charge is 0.341 e. The predicted octanol–water partition coefficient (Wildman–Crippen LogP) is 3.82. The highest BCUT2D eigenvalue weighted by atomic mass is 32.1. The summed E-state index contributed by atoms with van der Waals surface area (Å²) < 4.78 is 10.3. The van der Waals surface area contributed by atoms with Crippen molar-refractivity contribution in [2.24, 2.45) is 11.8 Å². The van der Waals surface area contributed by atoms with Gasteiger partial charge in [0.25, 0.3) is 0 Å². The van der Waals surface area contributed by atoms with Crippen molar-refractivity contribution >= 4 is 34.2 Å². The minimum Gasteiger partial charge on any atom is -0.481 e. The summed E-state index contributed by atoms with van der Waals surface area (Å²) in [5, 5.41) is 13.0. The van der Waals surface area contributed by atoms with Crippen LogP contribution in [0.3, 0.4) is 0 Å². The van der Waals surface area contributed by atoms with Crippen molar-refractivity contribution in [1.82, 2.24) is 0 Å². The van der Waals surface area contributed by atoms with Crippen molar-refractivity contribution in [2.45, 2.75) is 52.4 Å². The average molecular weight is 436 g/mol. The fourth-order valence-electron chi connectivity index (χ4n) is 4.19. The predicted molar refractivity (Wildman–Crippen MR) is 114 cm³/mol. The highest BCUT2D eigenvalue weighted by Gasteiger charge is 2.38. The Morgan fingerprint density at radius 3 is 2.40 bits per heavy atom. The topological polar surface area (TPSA) is 102 Å². The Morgan fingerprint density at radius 1 is 1.07 bits per heavy atom. The average Bonchev–Trinajstić information content (AvgIpc) is 3.07. The number of fused-ring (bicyclic) bond motifs is 1. The molecule has 0 saturated heterocycles. The molecule has 0 radical (unpaired) electrons. The van der Waals surface area contributed by atoms with Crippen molar-refractivity contribution in [1.29, 1.82) is 0 Å². The molecule has 0 spiro atoms. The summed E-state index contributed by atoms with van der Waals surface area (Å²) in [4.78, 5) is 38.8. The summed E-state index contributed by atoms with van der Waals surface area (Å²) in [5.41, 5.74) is 3.46. The van der Waals surface area contributed by atoms with Crippen LogP contribution in [0.25, 0.3) is 0 Å². The van der Waals surface area contributed by atoms with Crippen LogP contribution in [0.5, 0.6) is 0 Å². The second-order valence-corrected chi connectivity index (χ2v) is 9.16. The SMILES string of the molecule is COCCOC(=O)c1c(NC(=O)[C@H]2CC(C)=C(C)C[C@@H]2C(=O)O)sc2c1CCCC2. The van der Waals surface area contributed by atoms with Crippen LogP contribution < -0.4 is 5.32 Å². The Bertz CT molecular complexity index is 871. The zero-order valence-corrected chi connectivity index (χ0v) is 18.5. The minimum atomic E-state index is -0.966. The zero-order chi connectivity index (χ0) is 21.8. The molecule has 0 aromatic carbocycles. The summed E-state index contributed by atoms with van der Waals surface area (Å²) in [7, 11) is 1.53. The molecule has 0 aliphatic heterocycles. The number of carbonyl (C=O) groups is 3. The minimum absolute atomic E-state index is 0.139. The third kappa shape index (κ3) is 4.75. The van der Waals surface area contributed by atoms with Gasteiger partial charge in [0.15, 0.2) is 0 Å². The number of carbonyl (C=O) groups excluding carboxylic acids is 2. The number of thiophene rings is 1. The molecule has 2 N–H and O–H groups in total. The molecule has 1 amide bonds. The van der Waals surface area contributed by atoms with Gasteiger partial charge in [-0.3, -0.25) is 9.59 Å². The highest BCUT2D eigenvalue weighted by molar-refractivity contribution is 7.17. The van der Waals surface area contributed by atoms with Gasteiger partial charge in [-0.15, -0.1) is 11.3 Å². The Kier molecular flexibility index (Phi) is 7.31. The van der Waals surface area contributed by atoms with E-state index in [0.29, 0.717) is 30.0 Å². The van der Waals surface area contributed by atoms with E-state index in [2.05, 4.69) is 5.32 Å². The lowest BCUT2D eigenvalue weighted by Gasteiger charge is -2.29. The van der Waals surface area contributed by atoms with Crippen molar-refractivity contribution < 1.29 is 29.0 Å². The number of carboxylic acid groups (broad SMARTS) is 1. The van der Waals surface area contributed by atoms with Gasteiger partial charge in [-0.1, -0.05) is 11.1 Å². The fourth-order valence-corrected chi connectivity index (χ4v) is 5.47. The van der Waals surface area contributed by atoms with Crippen LogP contribution in [-0.4, -0.2) is 43.3 Å². The van der Waals surface area contributed by atoms with E-state index in [1.54, 1.807) is 0 Å². The first-order chi connectivity index (χ1) is 14.3.